The molecule has 23 heavy (non-hydrogen) atoms. The first-order chi connectivity index (χ1) is 11.0. The zero-order chi connectivity index (χ0) is 16.4. The minimum atomic E-state index is -0.446. The lowest BCUT2D eigenvalue weighted by molar-refractivity contribution is -0.384. The molecule has 2 N–H and O–H groups in total. The number of aliphatic hydroxyl groups excluding tert-OH is 1. The fraction of sp³-hybridized carbons (Fsp3) is 0.562. The third kappa shape index (κ3) is 3.07. The highest BCUT2D eigenvalue weighted by Gasteiger charge is 2.34. The van der Waals surface area contributed by atoms with E-state index in [1.807, 2.05) is 0 Å². The van der Waals surface area contributed by atoms with Crippen LogP contribution in [-0.4, -0.2) is 41.2 Å². The fourth-order valence-corrected chi connectivity index (χ4v) is 3.54. The maximum absolute atomic E-state index is 12.5. The molecule has 0 radical (unpaired) electrons. The average Bonchev–Trinajstić information content (AvgIpc) is 3.19. The van der Waals surface area contributed by atoms with Gasteiger partial charge in [0.2, 0.25) is 5.91 Å². The van der Waals surface area contributed by atoms with Crippen LogP contribution in [0.4, 0.5) is 11.4 Å². The number of nitrogens with zero attached hydrogens (tertiary/aromatic N) is 2. The molecule has 1 saturated carbocycles. The summed E-state index contributed by atoms with van der Waals surface area (Å²) in [5, 5.41) is 23.7. The molecule has 124 valence electrons. The Kier molecular flexibility index (Phi) is 4.32. The van der Waals surface area contributed by atoms with Gasteiger partial charge in [-0.3, -0.25) is 14.9 Å². The summed E-state index contributed by atoms with van der Waals surface area (Å²) in [5.74, 6) is -0.107. The minimum Gasteiger partial charge on any atom is -0.394 e. The summed E-state index contributed by atoms with van der Waals surface area (Å²) >= 11 is 0. The van der Waals surface area contributed by atoms with Gasteiger partial charge in [-0.05, 0) is 24.8 Å². The Morgan fingerprint density at radius 1 is 1.39 bits per heavy atom. The lowest BCUT2D eigenvalue weighted by atomic mass is 9.99. The van der Waals surface area contributed by atoms with Crippen LogP contribution in [0.15, 0.2) is 18.2 Å². The Labute approximate surface area is 134 Å². The molecule has 0 bridgehead atoms. The van der Waals surface area contributed by atoms with Crippen molar-refractivity contribution < 1.29 is 14.8 Å². The standard InChI is InChI=1S/C16H21N3O4/c20-11-16(6-1-2-7-16)17-10-15(21)18-8-5-12-3-4-13(19(22)23)9-14(12)18/h3-4,9,17,20H,1-2,5-8,10-11H2. The molecule has 1 amide bonds. The van der Waals surface area contributed by atoms with Gasteiger partial charge in [0.15, 0.2) is 0 Å². The summed E-state index contributed by atoms with van der Waals surface area (Å²) in [7, 11) is 0. The number of nitrogens with one attached hydrogen (secondary N) is 1. The Hall–Kier alpha value is -1.99. The second-order valence-electron chi connectivity index (χ2n) is 6.36. The van der Waals surface area contributed by atoms with Crippen LogP contribution in [0, 0.1) is 10.1 Å². The SMILES string of the molecule is O=C(CNC1(CO)CCCC1)N1CCc2ccc([N+](=O)[O-])cc21. The third-order valence-electron chi connectivity index (χ3n) is 4.95. The number of carbonyl (C=O) groups excluding carboxylic acids is 1. The van der Waals surface area contributed by atoms with Crippen molar-refractivity contribution in [3.63, 3.8) is 0 Å². The molecule has 0 unspecified atom stereocenters. The molecular weight excluding hydrogens is 298 g/mol. The van der Waals surface area contributed by atoms with E-state index in [2.05, 4.69) is 5.32 Å². The predicted molar refractivity (Wildman–Crippen MR) is 85.4 cm³/mol. The van der Waals surface area contributed by atoms with Crippen LogP contribution in [0.3, 0.4) is 0 Å². The van der Waals surface area contributed by atoms with Gasteiger partial charge in [0, 0.05) is 24.2 Å². The van der Waals surface area contributed by atoms with Gasteiger partial charge >= 0.3 is 0 Å². The molecule has 1 fully saturated rings. The smallest absolute Gasteiger partial charge is 0.271 e. The van der Waals surface area contributed by atoms with Crippen LogP contribution >= 0.6 is 0 Å². The van der Waals surface area contributed by atoms with Gasteiger partial charge in [0.05, 0.1) is 23.8 Å². The second-order valence-corrected chi connectivity index (χ2v) is 6.36. The lowest BCUT2D eigenvalue weighted by Gasteiger charge is -2.29. The molecule has 7 nitrogen and oxygen atoms in total. The fourth-order valence-electron chi connectivity index (χ4n) is 3.54. The van der Waals surface area contributed by atoms with Crippen molar-refractivity contribution in [2.24, 2.45) is 0 Å². The molecule has 0 saturated heterocycles. The van der Waals surface area contributed by atoms with Crippen LogP contribution in [0.5, 0.6) is 0 Å². The van der Waals surface area contributed by atoms with E-state index in [0.29, 0.717) is 18.7 Å². The highest BCUT2D eigenvalue weighted by molar-refractivity contribution is 5.97. The summed E-state index contributed by atoms with van der Waals surface area (Å²) in [6.07, 6.45) is 4.57. The van der Waals surface area contributed by atoms with Gasteiger partial charge in [-0.1, -0.05) is 18.9 Å². The van der Waals surface area contributed by atoms with E-state index in [4.69, 9.17) is 0 Å². The minimum absolute atomic E-state index is 0.000898. The number of amides is 1. The van der Waals surface area contributed by atoms with Gasteiger partial charge < -0.3 is 15.3 Å². The Morgan fingerprint density at radius 2 is 2.13 bits per heavy atom. The molecule has 1 aliphatic heterocycles. The summed E-state index contributed by atoms with van der Waals surface area (Å²) in [4.78, 5) is 24.6. The maximum atomic E-state index is 12.5. The number of benzene rings is 1. The van der Waals surface area contributed by atoms with E-state index >= 15 is 0 Å². The highest BCUT2D eigenvalue weighted by atomic mass is 16.6. The summed E-state index contributed by atoms with van der Waals surface area (Å²) in [5.41, 5.74) is 1.25. The number of nitro groups is 1. The Morgan fingerprint density at radius 3 is 2.78 bits per heavy atom. The lowest BCUT2D eigenvalue weighted by Crippen LogP contribution is -2.50. The van der Waals surface area contributed by atoms with Crippen LogP contribution in [-0.2, 0) is 11.2 Å². The second kappa shape index (κ2) is 6.25. The zero-order valence-electron chi connectivity index (χ0n) is 13.0. The first-order valence-corrected chi connectivity index (χ1v) is 7.98. The first-order valence-electron chi connectivity index (χ1n) is 7.98. The van der Waals surface area contributed by atoms with Crippen LogP contribution < -0.4 is 10.2 Å². The maximum Gasteiger partial charge on any atom is 0.271 e. The van der Waals surface area contributed by atoms with Crippen molar-refractivity contribution in [2.75, 3.05) is 24.6 Å². The molecule has 1 aromatic rings. The summed E-state index contributed by atoms with van der Waals surface area (Å²) in [6, 6.07) is 4.67. The van der Waals surface area contributed by atoms with Gasteiger partial charge in [-0.2, -0.15) is 0 Å². The number of non-ortho nitro benzene ring substituents is 1. The number of hydrogen-bond donors (Lipinski definition) is 2. The molecule has 1 heterocycles. The number of anilines is 1. The van der Waals surface area contributed by atoms with Gasteiger partial charge in [0.25, 0.3) is 5.69 Å². The van der Waals surface area contributed by atoms with Gasteiger partial charge in [-0.25, -0.2) is 0 Å². The molecule has 0 spiro atoms. The Balaban J connectivity index is 1.70. The monoisotopic (exact) mass is 319 g/mol. The van der Waals surface area contributed by atoms with Crippen molar-refractivity contribution in [1.29, 1.82) is 0 Å². The van der Waals surface area contributed by atoms with Gasteiger partial charge in [-0.15, -0.1) is 0 Å². The zero-order valence-corrected chi connectivity index (χ0v) is 13.0. The van der Waals surface area contributed by atoms with E-state index in [9.17, 15) is 20.0 Å². The Bertz CT molecular complexity index is 626. The average molecular weight is 319 g/mol. The van der Waals surface area contributed by atoms with Crippen LogP contribution in [0.1, 0.15) is 31.2 Å². The number of nitro benzene ring substituents is 1. The number of fused-ring (bicyclic) bond motifs is 1. The summed E-state index contributed by atoms with van der Waals surface area (Å²) < 4.78 is 0. The third-order valence-corrected chi connectivity index (χ3v) is 4.95. The van der Waals surface area contributed by atoms with Crippen molar-refractivity contribution >= 4 is 17.3 Å². The molecule has 1 aliphatic carbocycles. The van der Waals surface area contributed by atoms with Crippen LogP contribution in [0.2, 0.25) is 0 Å². The molecule has 0 atom stereocenters. The molecular formula is C16H21N3O4. The molecule has 3 rings (SSSR count). The summed E-state index contributed by atoms with van der Waals surface area (Å²) in [6.45, 7) is 0.716. The molecule has 7 heteroatoms. The topological polar surface area (TPSA) is 95.7 Å². The van der Waals surface area contributed by atoms with Crippen molar-refractivity contribution in [1.82, 2.24) is 5.32 Å². The van der Waals surface area contributed by atoms with Crippen molar-refractivity contribution in [3.8, 4) is 0 Å². The van der Waals surface area contributed by atoms with E-state index in [1.165, 1.54) is 12.1 Å². The van der Waals surface area contributed by atoms with E-state index in [0.717, 1.165) is 31.2 Å². The molecule has 0 aromatic heterocycles. The van der Waals surface area contributed by atoms with E-state index < -0.39 is 4.92 Å². The highest BCUT2D eigenvalue weighted by Crippen LogP contribution is 2.32. The predicted octanol–water partition coefficient (Wildman–Crippen LogP) is 1.38. The number of hydrogen-bond acceptors (Lipinski definition) is 5. The van der Waals surface area contributed by atoms with Crippen molar-refractivity contribution in [3.05, 3.63) is 33.9 Å². The first kappa shape index (κ1) is 15.9. The van der Waals surface area contributed by atoms with E-state index in [1.54, 1.807) is 11.0 Å². The number of aliphatic hydroxyl groups is 1. The normalized spacial score (nSPS) is 18.9. The van der Waals surface area contributed by atoms with Crippen LogP contribution in [0.25, 0.3) is 0 Å². The van der Waals surface area contributed by atoms with Gasteiger partial charge in [0.1, 0.15) is 0 Å². The number of carbonyl (C=O) groups is 1. The molecule has 1 aromatic carbocycles. The number of rotatable bonds is 5. The molecule has 2 aliphatic rings. The van der Waals surface area contributed by atoms with Crippen molar-refractivity contribution in [2.45, 2.75) is 37.6 Å². The quantitative estimate of drug-likeness (QED) is 0.631. The van der Waals surface area contributed by atoms with E-state index in [-0.39, 0.29) is 30.3 Å². The largest absolute Gasteiger partial charge is 0.394 e.